The van der Waals surface area contributed by atoms with Gasteiger partial charge in [0.25, 0.3) is 0 Å². The van der Waals surface area contributed by atoms with Crippen LogP contribution in [0.15, 0.2) is 11.4 Å². The first-order valence-corrected chi connectivity index (χ1v) is 6.44. The Bertz CT molecular complexity index is 285. The van der Waals surface area contributed by atoms with Gasteiger partial charge in [-0.2, -0.15) is 0 Å². The van der Waals surface area contributed by atoms with Gasteiger partial charge in [-0.1, -0.05) is 6.92 Å². The van der Waals surface area contributed by atoms with E-state index in [1.165, 1.54) is 10.4 Å². The molecule has 0 saturated heterocycles. The summed E-state index contributed by atoms with van der Waals surface area (Å²) in [6, 6.07) is 2.56. The number of aryl methyl sites for hydroxylation is 1. The van der Waals surface area contributed by atoms with Crippen LogP contribution in [0.4, 0.5) is 0 Å². The van der Waals surface area contributed by atoms with Crippen LogP contribution in [0.5, 0.6) is 0 Å². The molecule has 1 aromatic heterocycles. The van der Waals surface area contributed by atoms with Crippen LogP contribution in [0.2, 0.25) is 0 Å². The third kappa shape index (κ3) is 3.30. The predicted octanol–water partition coefficient (Wildman–Crippen LogP) is 3.13. The van der Waals surface area contributed by atoms with E-state index in [-0.39, 0.29) is 6.10 Å². The summed E-state index contributed by atoms with van der Waals surface area (Å²) >= 11 is 1.80. The number of rotatable bonds is 6. The zero-order valence-corrected chi connectivity index (χ0v) is 10.9. The summed E-state index contributed by atoms with van der Waals surface area (Å²) in [4.78, 5) is 1.36. The molecule has 86 valence electrons. The van der Waals surface area contributed by atoms with Crippen LogP contribution < -0.4 is 5.32 Å². The average molecular weight is 227 g/mol. The molecule has 0 fully saturated rings. The Morgan fingerprint density at radius 1 is 1.47 bits per heavy atom. The largest absolute Gasteiger partial charge is 0.377 e. The van der Waals surface area contributed by atoms with E-state index in [4.69, 9.17) is 4.74 Å². The summed E-state index contributed by atoms with van der Waals surface area (Å²) in [6.07, 6.45) is 1.31. The zero-order valence-electron chi connectivity index (χ0n) is 10.0. The zero-order chi connectivity index (χ0) is 11.3. The van der Waals surface area contributed by atoms with Crippen molar-refractivity contribution >= 4 is 11.3 Å². The van der Waals surface area contributed by atoms with Crippen LogP contribution in [0, 0.1) is 6.92 Å². The van der Waals surface area contributed by atoms with Crippen LogP contribution in [0.3, 0.4) is 0 Å². The molecule has 0 amide bonds. The number of likely N-dealkylation sites (N-methyl/N-ethyl adjacent to an activating group) is 1. The molecule has 0 bridgehead atoms. The Kier molecular flexibility index (Phi) is 5.29. The molecular formula is C12H21NOS. The SMILES string of the molecule is CCOC(CC)C(NC)c1csc(C)c1. The summed E-state index contributed by atoms with van der Waals surface area (Å²) in [5, 5.41) is 5.57. The fraction of sp³-hybridized carbons (Fsp3) is 0.667. The first-order valence-electron chi connectivity index (χ1n) is 5.56. The van der Waals surface area contributed by atoms with Gasteiger partial charge in [0.15, 0.2) is 0 Å². The first kappa shape index (κ1) is 12.7. The van der Waals surface area contributed by atoms with Crippen molar-refractivity contribution in [2.45, 2.75) is 39.3 Å². The summed E-state index contributed by atoms with van der Waals surface area (Å²) < 4.78 is 5.75. The van der Waals surface area contributed by atoms with E-state index in [9.17, 15) is 0 Å². The number of ether oxygens (including phenoxy) is 1. The Morgan fingerprint density at radius 2 is 2.20 bits per heavy atom. The van der Waals surface area contributed by atoms with Gasteiger partial charge in [-0.25, -0.2) is 0 Å². The lowest BCUT2D eigenvalue weighted by Gasteiger charge is -2.25. The van der Waals surface area contributed by atoms with Crippen molar-refractivity contribution in [1.29, 1.82) is 0 Å². The summed E-state index contributed by atoms with van der Waals surface area (Å²) in [5.74, 6) is 0. The van der Waals surface area contributed by atoms with Crippen LogP contribution in [-0.4, -0.2) is 19.8 Å². The van der Waals surface area contributed by atoms with Gasteiger partial charge in [0.05, 0.1) is 12.1 Å². The number of thiophene rings is 1. The van der Waals surface area contributed by atoms with Crippen molar-refractivity contribution in [2.75, 3.05) is 13.7 Å². The normalized spacial score (nSPS) is 15.2. The Labute approximate surface area is 96.7 Å². The fourth-order valence-corrected chi connectivity index (χ4v) is 2.60. The lowest BCUT2D eigenvalue weighted by atomic mass is 10.0. The molecule has 0 aromatic carbocycles. The molecule has 15 heavy (non-hydrogen) atoms. The van der Waals surface area contributed by atoms with Gasteiger partial charge in [0.2, 0.25) is 0 Å². The minimum atomic E-state index is 0.272. The third-order valence-corrected chi connectivity index (χ3v) is 3.46. The quantitative estimate of drug-likeness (QED) is 0.806. The second-order valence-electron chi connectivity index (χ2n) is 3.66. The number of hydrogen-bond acceptors (Lipinski definition) is 3. The van der Waals surface area contributed by atoms with E-state index >= 15 is 0 Å². The molecular weight excluding hydrogens is 206 g/mol. The molecule has 3 heteroatoms. The van der Waals surface area contributed by atoms with E-state index < -0.39 is 0 Å². The molecule has 1 N–H and O–H groups in total. The lowest BCUT2D eigenvalue weighted by molar-refractivity contribution is 0.0335. The second kappa shape index (κ2) is 6.26. The first-order chi connectivity index (χ1) is 7.22. The highest BCUT2D eigenvalue weighted by atomic mass is 32.1. The van der Waals surface area contributed by atoms with E-state index in [1.807, 2.05) is 14.0 Å². The van der Waals surface area contributed by atoms with Gasteiger partial charge in [-0.15, -0.1) is 11.3 Å². The van der Waals surface area contributed by atoms with Gasteiger partial charge in [-0.3, -0.25) is 0 Å². The Morgan fingerprint density at radius 3 is 2.60 bits per heavy atom. The minimum Gasteiger partial charge on any atom is -0.377 e. The van der Waals surface area contributed by atoms with E-state index in [2.05, 4.69) is 30.6 Å². The highest BCUT2D eigenvalue weighted by Crippen LogP contribution is 2.25. The van der Waals surface area contributed by atoms with Crippen LogP contribution in [0.1, 0.15) is 36.8 Å². The molecule has 0 spiro atoms. The van der Waals surface area contributed by atoms with Crippen molar-refractivity contribution in [3.63, 3.8) is 0 Å². The molecule has 0 radical (unpaired) electrons. The van der Waals surface area contributed by atoms with Crippen molar-refractivity contribution in [2.24, 2.45) is 0 Å². The molecule has 2 atom stereocenters. The van der Waals surface area contributed by atoms with E-state index in [0.29, 0.717) is 6.04 Å². The van der Waals surface area contributed by atoms with E-state index in [1.54, 1.807) is 11.3 Å². The van der Waals surface area contributed by atoms with Crippen molar-refractivity contribution < 1.29 is 4.74 Å². The molecule has 0 aliphatic rings. The fourth-order valence-electron chi connectivity index (χ4n) is 1.86. The van der Waals surface area contributed by atoms with Crippen LogP contribution in [0.25, 0.3) is 0 Å². The summed E-state index contributed by atoms with van der Waals surface area (Å²) in [6.45, 7) is 7.14. The van der Waals surface area contributed by atoms with Crippen molar-refractivity contribution in [3.8, 4) is 0 Å². The molecule has 1 heterocycles. The maximum Gasteiger partial charge on any atom is 0.0767 e. The average Bonchev–Trinajstić information content (AvgIpc) is 2.64. The monoisotopic (exact) mass is 227 g/mol. The smallest absolute Gasteiger partial charge is 0.0767 e. The molecule has 1 aromatic rings. The molecule has 1 rings (SSSR count). The molecule has 0 aliphatic heterocycles. The molecule has 2 unspecified atom stereocenters. The van der Waals surface area contributed by atoms with Gasteiger partial charge in [0, 0.05) is 11.5 Å². The third-order valence-electron chi connectivity index (χ3n) is 2.58. The molecule has 2 nitrogen and oxygen atoms in total. The standard InChI is InChI=1S/C12H21NOS/c1-5-11(14-6-2)12(13-4)10-7-9(3)15-8-10/h7-8,11-13H,5-6H2,1-4H3. The topological polar surface area (TPSA) is 21.3 Å². The highest BCUT2D eigenvalue weighted by molar-refractivity contribution is 7.10. The summed E-state index contributed by atoms with van der Waals surface area (Å²) in [7, 11) is 2.00. The van der Waals surface area contributed by atoms with Crippen LogP contribution >= 0.6 is 11.3 Å². The maximum atomic E-state index is 5.75. The van der Waals surface area contributed by atoms with Crippen molar-refractivity contribution in [1.82, 2.24) is 5.32 Å². The Hall–Kier alpha value is -0.380. The second-order valence-corrected chi connectivity index (χ2v) is 4.77. The minimum absolute atomic E-state index is 0.272. The van der Waals surface area contributed by atoms with Crippen molar-refractivity contribution in [3.05, 3.63) is 21.9 Å². The Balaban J connectivity index is 2.76. The summed E-state index contributed by atoms with van der Waals surface area (Å²) in [5.41, 5.74) is 1.35. The van der Waals surface area contributed by atoms with E-state index in [0.717, 1.165) is 13.0 Å². The molecule has 0 saturated carbocycles. The maximum absolute atomic E-state index is 5.75. The number of hydrogen-bond donors (Lipinski definition) is 1. The van der Waals surface area contributed by atoms with Crippen LogP contribution in [-0.2, 0) is 4.74 Å². The van der Waals surface area contributed by atoms with Gasteiger partial charge >= 0.3 is 0 Å². The lowest BCUT2D eigenvalue weighted by Crippen LogP contribution is -2.31. The van der Waals surface area contributed by atoms with Gasteiger partial charge in [-0.05, 0) is 44.3 Å². The van der Waals surface area contributed by atoms with Gasteiger partial charge < -0.3 is 10.1 Å². The molecule has 0 aliphatic carbocycles. The predicted molar refractivity (Wildman–Crippen MR) is 66.6 cm³/mol. The number of nitrogens with one attached hydrogen (secondary N) is 1. The highest BCUT2D eigenvalue weighted by Gasteiger charge is 2.21. The van der Waals surface area contributed by atoms with Gasteiger partial charge in [0.1, 0.15) is 0 Å².